The highest BCUT2D eigenvalue weighted by Gasteiger charge is 2.27. The molecule has 2 fully saturated rings. The van der Waals surface area contributed by atoms with Gasteiger partial charge in [-0.1, -0.05) is 30.3 Å². The number of nitrogens with one attached hydrogen (secondary N) is 2. The Labute approximate surface area is 187 Å². The van der Waals surface area contributed by atoms with Crippen molar-refractivity contribution in [2.45, 2.75) is 62.6 Å². The Morgan fingerprint density at radius 1 is 1.13 bits per heavy atom. The lowest BCUT2D eigenvalue weighted by atomic mass is 9.95. The summed E-state index contributed by atoms with van der Waals surface area (Å²) in [6.45, 7) is 4.82. The van der Waals surface area contributed by atoms with Crippen molar-refractivity contribution in [1.82, 2.24) is 14.9 Å². The summed E-state index contributed by atoms with van der Waals surface area (Å²) in [7, 11) is 0. The summed E-state index contributed by atoms with van der Waals surface area (Å²) >= 11 is 1.60. The second-order valence-electron chi connectivity index (χ2n) is 8.73. The fraction of sp³-hybridized carbons (Fsp3) is 0.417. The van der Waals surface area contributed by atoms with Crippen LogP contribution in [-0.2, 0) is 16.9 Å². The number of hydrogen-bond acceptors (Lipinski definition) is 5. The van der Waals surface area contributed by atoms with E-state index in [4.69, 9.17) is 4.74 Å². The summed E-state index contributed by atoms with van der Waals surface area (Å²) in [5.74, 6) is 0.687. The van der Waals surface area contributed by atoms with Crippen molar-refractivity contribution in [3.8, 4) is 5.75 Å². The number of imide groups is 1. The Morgan fingerprint density at radius 2 is 1.87 bits per heavy atom. The number of ether oxygens (including phenoxy) is 1. The Bertz CT molecular complexity index is 939. The molecule has 2 N–H and O–H groups in total. The Morgan fingerprint density at radius 3 is 2.55 bits per heavy atom. The number of rotatable bonds is 8. The maximum absolute atomic E-state index is 11.7. The smallest absolute Gasteiger partial charge is 0.324 e. The van der Waals surface area contributed by atoms with E-state index in [0.29, 0.717) is 12.6 Å². The third kappa shape index (κ3) is 5.60. The van der Waals surface area contributed by atoms with E-state index in [1.807, 2.05) is 24.3 Å². The summed E-state index contributed by atoms with van der Waals surface area (Å²) < 4.78 is 9.68. The topological polar surface area (TPSA) is 70.7 Å². The van der Waals surface area contributed by atoms with E-state index < -0.39 is 0 Å². The minimum Gasteiger partial charge on any atom is -0.490 e. The van der Waals surface area contributed by atoms with Gasteiger partial charge < -0.3 is 9.64 Å². The maximum Gasteiger partial charge on any atom is 0.324 e. The molecule has 3 amide bonds. The number of urea groups is 1. The maximum atomic E-state index is 11.7. The molecule has 0 unspecified atom stereocenters. The molecular weight excluding hydrogens is 410 g/mol. The van der Waals surface area contributed by atoms with E-state index in [1.54, 1.807) is 11.9 Å². The first kappa shape index (κ1) is 21.7. The zero-order chi connectivity index (χ0) is 21.8. The number of amides is 3. The third-order valence-electron chi connectivity index (χ3n) is 5.75. The van der Waals surface area contributed by atoms with Crippen LogP contribution in [0.1, 0.15) is 50.7 Å². The van der Waals surface area contributed by atoms with E-state index in [9.17, 15) is 9.59 Å². The second-order valence-corrected chi connectivity index (χ2v) is 9.61. The van der Waals surface area contributed by atoms with Crippen LogP contribution >= 0.6 is 11.9 Å². The van der Waals surface area contributed by atoms with Crippen LogP contribution in [0.5, 0.6) is 5.75 Å². The van der Waals surface area contributed by atoms with Gasteiger partial charge >= 0.3 is 6.03 Å². The molecule has 1 saturated carbocycles. The zero-order valence-electron chi connectivity index (χ0n) is 18.0. The van der Waals surface area contributed by atoms with Crippen LogP contribution < -0.4 is 14.8 Å². The molecule has 164 valence electrons. The summed E-state index contributed by atoms with van der Waals surface area (Å²) in [6, 6.07) is 16.1. The first-order chi connectivity index (χ1) is 14.9. The van der Waals surface area contributed by atoms with Gasteiger partial charge in [-0.05, 0) is 80.8 Å². The molecule has 4 rings (SSSR count). The van der Waals surface area contributed by atoms with Gasteiger partial charge in [0.1, 0.15) is 12.3 Å². The molecule has 1 aliphatic heterocycles. The molecule has 2 aliphatic rings. The highest BCUT2D eigenvalue weighted by molar-refractivity contribution is 7.97. The molecule has 6 nitrogen and oxygen atoms in total. The van der Waals surface area contributed by atoms with Crippen molar-refractivity contribution >= 4 is 23.9 Å². The van der Waals surface area contributed by atoms with Crippen molar-refractivity contribution in [2.75, 3.05) is 6.54 Å². The lowest BCUT2D eigenvalue weighted by Crippen LogP contribution is -2.31. The van der Waals surface area contributed by atoms with Crippen LogP contribution in [0.4, 0.5) is 4.79 Å². The molecule has 1 saturated heterocycles. The SMILES string of the molecule is CC(C)(NSc1cccc(OC2CCCC2)c1)c1ccc(CN2CC(=O)NC2=O)cc1. The van der Waals surface area contributed by atoms with Gasteiger partial charge in [0.05, 0.1) is 6.10 Å². The van der Waals surface area contributed by atoms with Gasteiger partial charge in [-0.2, -0.15) is 0 Å². The number of carbonyl (C=O) groups is 2. The number of nitrogens with zero attached hydrogens (tertiary/aromatic N) is 1. The molecule has 7 heteroatoms. The predicted octanol–water partition coefficient (Wildman–Crippen LogP) is 4.59. The largest absolute Gasteiger partial charge is 0.490 e. The van der Waals surface area contributed by atoms with Crippen LogP contribution in [0, 0.1) is 0 Å². The van der Waals surface area contributed by atoms with E-state index in [1.165, 1.54) is 17.7 Å². The molecule has 2 aromatic carbocycles. The van der Waals surface area contributed by atoms with Gasteiger partial charge in [-0.15, -0.1) is 0 Å². The van der Waals surface area contributed by atoms with E-state index in [0.717, 1.165) is 34.6 Å². The van der Waals surface area contributed by atoms with E-state index in [-0.39, 0.29) is 24.0 Å². The third-order valence-corrected chi connectivity index (χ3v) is 6.85. The van der Waals surface area contributed by atoms with Gasteiger partial charge in [0, 0.05) is 17.0 Å². The summed E-state index contributed by atoms with van der Waals surface area (Å²) in [5.41, 5.74) is 1.88. The second kappa shape index (κ2) is 9.32. The zero-order valence-corrected chi connectivity index (χ0v) is 18.8. The molecule has 2 aromatic rings. The minimum atomic E-state index is -0.327. The van der Waals surface area contributed by atoms with Crippen LogP contribution in [-0.4, -0.2) is 29.5 Å². The Balaban J connectivity index is 1.34. The summed E-state index contributed by atoms with van der Waals surface area (Å²) in [5, 5.41) is 2.31. The molecule has 1 heterocycles. The van der Waals surface area contributed by atoms with Gasteiger partial charge in [-0.25, -0.2) is 9.52 Å². The lowest BCUT2D eigenvalue weighted by Gasteiger charge is -2.27. The highest BCUT2D eigenvalue weighted by Crippen LogP contribution is 2.30. The average Bonchev–Trinajstić information content (AvgIpc) is 3.36. The van der Waals surface area contributed by atoms with Crippen LogP contribution in [0.25, 0.3) is 0 Å². The monoisotopic (exact) mass is 439 g/mol. The standard InChI is InChI=1S/C24H29N3O3S/c1-24(2,18-12-10-17(11-13-18)15-27-16-22(28)25-23(27)29)26-31-21-9-5-8-20(14-21)30-19-6-3-4-7-19/h5,8-14,19,26H,3-4,6-7,15-16H2,1-2H3,(H,25,28,29). The minimum absolute atomic E-state index is 0.119. The van der Waals surface area contributed by atoms with Crippen molar-refractivity contribution in [1.29, 1.82) is 0 Å². The number of carbonyl (C=O) groups excluding carboxylic acids is 2. The molecule has 1 aliphatic carbocycles. The van der Waals surface area contributed by atoms with E-state index >= 15 is 0 Å². The molecule has 0 atom stereocenters. The van der Waals surface area contributed by atoms with Gasteiger partial charge in [0.2, 0.25) is 5.91 Å². The van der Waals surface area contributed by atoms with E-state index in [2.05, 4.69) is 48.2 Å². The quantitative estimate of drug-likeness (QED) is 0.465. The first-order valence-corrected chi connectivity index (χ1v) is 11.6. The molecule has 0 aromatic heterocycles. The van der Waals surface area contributed by atoms with Crippen molar-refractivity contribution in [3.63, 3.8) is 0 Å². The fourth-order valence-electron chi connectivity index (χ4n) is 3.91. The fourth-order valence-corrected chi connectivity index (χ4v) is 4.73. The van der Waals surface area contributed by atoms with Crippen LogP contribution in [0.15, 0.2) is 53.4 Å². The number of benzene rings is 2. The average molecular weight is 440 g/mol. The van der Waals surface area contributed by atoms with Gasteiger partial charge in [0.15, 0.2) is 0 Å². The Kier molecular flexibility index (Phi) is 6.53. The first-order valence-electron chi connectivity index (χ1n) is 10.8. The van der Waals surface area contributed by atoms with Crippen LogP contribution in [0.3, 0.4) is 0 Å². The van der Waals surface area contributed by atoms with Crippen LogP contribution in [0.2, 0.25) is 0 Å². The highest BCUT2D eigenvalue weighted by atomic mass is 32.2. The number of hydrogen-bond donors (Lipinski definition) is 2. The molecule has 0 radical (unpaired) electrons. The lowest BCUT2D eigenvalue weighted by molar-refractivity contribution is -0.118. The molecular formula is C24H29N3O3S. The Hall–Kier alpha value is -2.51. The van der Waals surface area contributed by atoms with Crippen molar-refractivity contribution in [3.05, 3.63) is 59.7 Å². The van der Waals surface area contributed by atoms with Crippen molar-refractivity contribution < 1.29 is 14.3 Å². The molecule has 0 bridgehead atoms. The van der Waals surface area contributed by atoms with Gasteiger partial charge in [0.25, 0.3) is 0 Å². The van der Waals surface area contributed by atoms with Crippen molar-refractivity contribution in [2.24, 2.45) is 0 Å². The van der Waals surface area contributed by atoms with Gasteiger partial charge in [-0.3, -0.25) is 10.1 Å². The summed E-state index contributed by atoms with van der Waals surface area (Å²) in [6.07, 6.45) is 5.18. The molecule has 0 spiro atoms. The normalized spacial score (nSPS) is 17.3. The summed E-state index contributed by atoms with van der Waals surface area (Å²) in [4.78, 5) is 25.7. The predicted molar refractivity (Wildman–Crippen MR) is 122 cm³/mol. The molecule has 31 heavy (non-hydrogen) atoms.